The topological polar surface area (TPSA) is 53.6 Å². The summed E-state index contributed by atoms with van der Waals surface area (Å²) in [7, 11) is 0. The highest BCUT2D eigenvalue weighted by Crippen LogP contribution is 2.22. The summed E-state index contributed by atoms with van der Waals surface area (Å²) in [6.45, 7) is 12.1. The van der Waals surface area contributed by atoms with Crippen LogP contribution in [0.2, 0.25) is 0 Å². The van der Waals surface area contributed by atoms with Crippen molar-refractivity contribution in [1.82, 2.24) is 15.5 Å². The molecule has 25 heavy (non-hydrogen) atoms. The van der Waals surface area contributed by atoms with Crippen LogP contribution in [0.3, 0.4) is 0 Å². The summed E-state index contributed by atoms with van der Waals surface area (Å²) >= 11 is 0. The molecule has 0 radical (unpaired) electrons. The van der Waals surface area contributed by atoms with Crippen molar-refractivity contribution in [3.63, 3.8) is 0 Å². The lowest BCUT2D eigenvalue weighted by Gasteiger charge is -2.41. The van der Waals surface area contributed by atoms with Gasteiger partial charge in [0.15, 0.2) is 0 Å². The Kier molecular flexibility index (Phi) is 6.79. The molecule has 0 unspecified atom stereocenters. The molecule has 6 heteroatoms. The van der Waals surface area contributed by atoms with Gasteiger partial charge in [-0.25, -0.2) is 9.18 Å². The standard InChI is InChI=1S/C19H30FN3O2/c1-14(2)17(15-5-7-16(20)8-6-15)22-18(24)21-13-19(3,4)23-9-11-25-12-10-23/h5-8,14,17H,9-13H2,1-4H3,(H2,21,22,24)/t17-/m1/s1. The number of ether oxygens (including phenoxy) is 1. The van der Waals surface area contributed by atoms with Crippen molar-refractivity contribution in [2.24, 2.45) is 5.92 Å². The molecule has 2 N–H and O–H groups in total. The summed E-state index contributed by atoms with van der Waals surface area (Å²) < 4.78 is 18.5. The van der Waals surface area contributed by atoms with Gasteiger partial charge in [0.2, 0.25) is 0 Å². The zero-order valence-electron chi connectivity index (χ0n) is 15.6. The Morgan fingerprint density at radius 1 is 1.24 bits per heavy atom. The van der Waals surface area contributed by atoms with E-state index in [1.807, 2.05) is 13.8 Å². The van der Waals surface area contributed by atoms with E-state index in [-0.39, 0.29) is 29.3 Å². The molecule has 140 valence electrons. The first-order valence-corrected chi connectivity index (χ1v) is 8.92. The van der Waals surface area contributed by atoms with Crippen molar-refractivity contribution in [3.8, 4) is 0 Å². The largest absolute Gasteiger partial charge is 0.379 e. The van der Waals surface area contributed by atoms with Gasteiger partial charge in [-0.3, -0.25) is 4.90 Å². The molecule has 1 aromatic carbocycles. The first-order chi connectivity index (χ1) is 11.8. The Hall–Kier alpha value is -1.66. The second-order valence-corrected chi connectivity index (χ2v) is 7.51. The van der Waals surface area contributed by atoms with Crippen LogP contribution in [-0.2, 0) is 4.74 Å². The minimum absolute atomic E-state index is 0.135. The van der Waals surface area contributed by atoms with E-state index in [1.165, 1.54) is 12.1 Å². The van der Waals surface area contributed by atoms with Crippen molar-refractivity contribution in [3.05, 3.63) is 35.6 Å². The fraction of sp³-hybridized carbons (Fsp3) is 0.632. The van der Waals surface area contributed by atoms with E-state index in [4.69, 9.17) is 4.74 Å². The number of nitrogens with one attached hydrogen (secondary N) is 2. The van der Waals surface area contributed by atoms with Gasteiger partial charge in [0.05, 0.1) is 19.3 Å². The molecule has 1 saturated heterocycles. The van der Waals surface area contributed by atoms with Gasteiger partial charge >= 0.3 is 6.03 Å². The van der Waals surface area contributed by atoms with Gasteiger partial charge in [0.1, 0.15) is 5.82 Å². The number of carbonyl (C=O) groups is 1. The van der Waals surface area contributed by atoms with Gasteiger partial charge in [0.25, 0.3) is 0 Å². The average molecular weight is 351 g/mol. The lowest BCUT2D eigenvalue weighted by molar-refractivity contribution is -0.00877. The molecule has 0 saturated carbocycles. The van der Waals surface area contributed by atoms with Crippen LogP contribution in [0.15, 0.2) is 24.3 Å². The molecule has 1 aromatic rings. The number of hydrogen-bond acceptors (Lipinski definition) is 3. The monoisotopic (exact) mass is 351 g/mol. The SMILES string of the molecule is CC(C)[C@@H](NC(=O)NCC(C)(C)N1CCOCC1)c1ccc(F)cc1. The smallest absolute Gasteiger partial charge is 0.315 e. The Labute approximate surface area is 149 Å². The molecule has 5 nitrogen and oxygen atoms in total. The van der Waals surface area contributed by atoms with Crippen LogP contribution in [0.1, 0.15) is 39.3 Å². The third-order valence-corrected chi connectivity index (χ3v) is 4.73. The Morgan fingerprint density at radius 3 is 2.40 bits per heavy atom. The Morgan fingerprint density at radius 2 is 1.84 bits per heavy atom. The second kappa shape index (κ2) is 8.63. The van der Waals surface area contributed by atoms with Crippen LogP contribution >= 0.6 is 0 Å². The molecule has 1 aliphatic heterocycles. The van der Waals surface area contributed by atoms with Crippen molar-refractivity contribution in [1.29, 1.82) is 0 Å². The van der Waals surface area contributed by atoms with Crippen molar-refractivity contribution in [2.75, 3.05) is 32.8 Å². The number of morpholine rings is 1. The van der Waals surface area contributed by atoms with E-state index in [0.717, 1.165) is 31.9 Å². The molecule has 0 bridgehead atoms. The number of hydrogen-bond donors (Lipinski definition) is 2. The maximum atomic E-state index is 13.1. The summed E-state index contributed by atoms with van der Waals surface area (Å²) in [4.78, 5) is 14.7. The van der Waals surface area contributed by atoms with Gasteiger partial charge in [-0.05, 0) is 37.5 Å². The number of carbonyl (C=O) groups excluding carboxylic acids is 1. The normalized spacial score (nSPS) is 17.4. The minimum Gasteiger partial charge on any atom is -0.379 e. The average Bonchev–Trinajstić information content (AvgIpc) is 2.59. The van der Waals surface area contributed by atoms with Crippen LogP contribution in [0.4, 0.5) is 9.18 Å². The number of urea groups is 1. The van der Waals surface area contributed by atoms with E-state index in [2.05, 4.69) is 29.4 Å². The van der Waals surface area contributed by atoms with E-state index in [1.54, 1.807) is 12.1 Å². The maximum absolute atomic E-state index is 13.1. The molecule has 1 aliphatic rings. The minimum atomic E-state index is -0.275. The van der Waals surface area contributed by atoms with Crippen LogP contribution in [0.5, 0.6) is 0 Å². The van der Waals surface area contributed by atoms with E-state index >= 15 is 0 Å². The van der Waals surface area contributed by atoms with E-state index in [0.29, 0.717) is 6.54 Å². The van der Waals surface area contributed by atoms with Crippen molar-refractivity contribution < 1.29 is 13.9 Å². The Balaban J connectivity index is 1.91. The molecule has 1 heterocycles. The molecular formula is C19H30FN3O2. The van der Waals surface area contributed by atoms with Gasteiger partial charge < -0.3 is 15.4 Å². The number of benzene rings is 1. The molecule has 2 amide bonds. The Bertz CT molecular complexity index is 554. The van der Waals surface area contributed by atoms with Crippen molar-refractivity contribution in [2.45, 2.75) is 39.3 Å². The first kappa shape index (κ1) is 19.7. The summed E-state index contributed by atoms with van der Waals surface area (Å²) in [6.07, 6.45) is 0. The highest BCUT2D eigenvalue weighted by atomic mass is 19.1. The summed E-state index contributed by atoms with van der Waals surface area (Å²) in [5.74, 6) is -0.0774. The van der Waals surface area contributed by atoms with E-state index < -0.39 is 0 Å². The van der Waals surface area contributed by atoms with Crippen LogP contribution in [0.25, 0.3) is 0 Å². The van der Waals surface area contributed by atoms with Gasteiger partial charge in [-0.2, -0.15) is 0 Å². The molecule has 0 spiro atoms. The fourth-order valence-corrected chi connectivity index (χ4v) is 3.07. The predicted octanol–water partition coefficient (Wildman–Crippen LogP) is 2.93. The third kappa shape index (κ3) is 5.68. The van der Waals surface area contributed by atoms with Gasteiger partial charge in [-0.15, -0.1) is 0 Å². The predicted molar refractivity (Wildman–Crippen MR) is 97.0 cm³/mol. The maximum Gasteiger partial charge on any atom is 0.315 e. The second-order valence-electron chi connectivity index (χ2n) is 7.51. The van der Waals surface area contributed by atoms with Crippen LogP contribution in [0, 0.1) is 11.7 Å². The molecule has 2 rings (SSSR count). The number of halogens is 1. The van der Waals surface area contributed by atoms with Crippen molar-refractivity contribution >= 4 is 6.03 Å². The summed E-state index contributed by atoms with van der Waals surface area (Å²) in [6, 6.07) is 5.92. The highest BCUT2D eigenvalue weighted by molar-refractivity contribution is 5.74. The molecule has 0 aromatic heterocycles. The number of amides is 2. The third-order valence-electron chi connectivity index (χ3n) is 4.73. The number of nitrogens with zero attached hydrogens (tertiary/aromatic N) is 1. The van der Waals surface area contributed by atoms with Crippen LogP contribution < -0.4 is 10.6 Å². The lowest BCUT2D eigenvalue weighted by Crippen LogP contribution is -2.56. The van der Waals surface area contributed by atoms with Gasteiger partial charge in [-0.1, -0.05) is 26.0 Å². The number of rotatable bonds is 6. The highest BCUT2D eigenvalue weighted by Gasteiger charge is 2.29. The summed E-state index contributed by atoms with van der Waals surface area (Å²) in [5, 5.41) is 5.99. The van der Waals surface area contributed by atoms with E-state index in [9.17, 15) is 9.18 Å². The van der Waals surface area contributed by atoms with Crippen LogP contribution in [-0.4, -0.2) is 49.3 Å². The molecule has 0 aliphatic carbocycles. The molecular weight excluding hydrogens is 321 g/mol. The lowest BCUT2D eigenvalue weighted by atomic mass is 9.96. The zero-order chi connectivity index (χ0) is 18.4. The quantitative estimate of drug-likeness (QED) is 0.829. The molecule has 1 fully saturated rings. The first-order valence-electron chi connectivity index (χ1n) is 8.92. The van der Waals surface area contributed by atoms with Gasteiger partial charge in [0, 0.05) is 25.2 Å². The molecule has 1 atom stereocenters. The zero-order valence-corrected chi connectivity index (χ0v) is 15.6. The summed E-state index contributed by atoms with van der Waals surface area (Å²) in [5.41, 5.74) is 0.767. The fourth-order valence-electron chi connectivity index (χ4n) is 3.07.